The van der Waals surface area contributed by atoms with Crippen molar-refractivity contribution in [2.45, 2.75) is 66.2 Å². The van der Waals surface area contributed by atoms with Crippen LogP contribution in [0.4, 0.5) is 5.69 Å². The van der Waals surface area contributed by atoms with Crippen molar-refractivity contribution >= 4 is 23.0 Å². The SMILES string of the molecule is CCc1cccc(C)c1-n1c(C)cc([C@@H]2[C@H](c3ccccn3)NC(=S)N2c2ccc(OC(C)C)cc2)c1C. The van der Waals surface area contributed by atoms with Crippen LogP contribution in [0.1, 0.15) is 66.6 Å². The highest BCUT2D eigenvalue weighted by molar-refractivity contribution is 7.80. The van der Waals surface area contributed by atoms with Gasteiger partial charge in [-0.05, 0) is 112 Å². The van der Waals surface area contributed by atoms with E-state index in [-0.39, 0.29) is 18.2 Å². The van der Waals surface area contributed by atoms with Gasteiger partial charge in [0.15, 0.2) is 5.11 Å². The maximum Gasteiger partial charge on any atom is 0.174 e. The van der Waals surface area contributed by atoms with Crippen LogP contribution in [0.3, 0.4) is 0 Å². The van der Waals surface area contributed by atoms with Gasteiger partial charge in [-0.3, -0.25) is 4.98 Å². The number of nitrogens with zero attached hydrogens (tertiary/aromatic N) is 3. The zero-order valence-corrected chi connectivity index (χ0v) is 23.8. The number of para-hydroxylation sites is 1. The smallest absolute Gasteiger partial charge is 0.174 e. The Bertz CT molecular complexity index is 1440. The molecule has 0 spiro atoms. The van der Waals surface area contributed by atoms with Crippen molar-refractivity contribution in [3.63, 3.8) is 0 Å². The van der Waals surface area contributed by atoms with Crippen LogP contribution in [0.25, 0.3) is 5.69 Å². The van der Waals surface area contributed by atoms with Crippen molar-refractivity contribution in [1.29, 1.82) is 0 Å². The molecule has 0 radical (unpaired) electrons. The molecule has 1 aliphatic heterocycles. The second-order valence-corrected chi connectivity index (χ2v) is 10.6. The summed E-state index contributed by atoms with van der Waals surface area (Å²) in [5.41, 5.74) is 9.55. The molecule has 4 aromatic rings. The molecular formula is C32H36N4OS. The summed E-state index contributed by atoms with van der Waals surface area (Å²) in [4.78, 5) is 6.96. The zero-order chi connectivity index (χ0) is 27.0. The lowest BCUT2D eigenvalue weighted by Gasteiger charge is -2.28. The Morgan fingerprint density at radius 2 is 1.76 bits per heavy atom. The Kier molecular flexibility index (Phi) is 7.26. The van der Waals surface area contributed by atoms with E-state index in [0.717, 1.165) is 23.6 Å². The lowest BCUT2D eigenvalue weighted by Crippen LogP contribution is -2.29. The normalized spacial score (nSPS) is 17.2. The van der Waals surface area contributed by atoms with Gasteiger partial charge >= 0.3 is 0 Å². The van der Waals surface area contributed by atoms with Gasteiger partial charge in [-0.1, -0.05) is 31.2 Å². The molecule has 1 fully saturated rings. The van der Waals surface area contributed by atoms with E-state index in [0.29, 0.717) is 5.11 Å². The van der Waals surface area contributed by atoms with Crippen LogP contribution in [0.15, 0.2) is 72.9 Å². The fourth-order valence-corrected chi connectivity index (χ4v) is 6.01. The number of pyridine rings is 1. The molecule has 38 heavy (non-hydrogen) atoms. The molecular weight excluding hydrogens is 488 g/mol. The number of hydrogen-bond acceptors (Lipinski definition) is 3. The first-order valence-electron chi connectivity index (χ1n) is 13.3. The van der Waals surface area contributed by atoms with Crippen LogP contribution in [0.5, 0.6) is 5.75 Å². The Balaban J connectivity index is 1.66. The quantitative estimate of drug-likeness (QED) is 0.257. The predicted octanol–water partition coefficient (Wildman–Crippen LogP) is 7.32. The molecule has 5 rings (SSSR count). The summed E-state index contributed by atoms with van der Waals surface area (Å²) < 4.78 is 8.32. The lowest BCUT2D eigenvalue weighted by molar-refractivity contribution is 0.242. The summed E-state index contributed by atoms with van der Waals surface area (Å²) in [6, 6.07) is 23.0. The summed E-state index contributed by atoms with van der Waals surface area (Å²) in [5, 5.41) is 4.29. The molecule has 0 saturated carbocycles. The number of nitrogens with one attached hydrogen (secondary N) is 1. The minimum atomic E-state index is -0.0910. The van der Waals surface area contributed by atoms with Gasteiger partial charge in [-0.25, -0.2) is 0 Å². The molecule has 6 heteroatoms. The summed E-state index contributed by atoms with van der Waals surface area (Å²) >= 11 is 5.97. The van der Waals surface area contributed by atoms with Crippen molar-refractivity contribution < 1.29 is 4.74 Å². The molecule has 5 nitrogen and oxygen atoms in total. The molecule has 1 aliphatic rings. The van der Waals surface area contributed by atoms with Crippen LogP contribution < -0.4 is 15.0 Å². The van der Waals surface area contributed by atoms with Crippen LogP contribution in [0.2, 0.25) is 0 Å². The van der Waals surface area contributed by atoms with Gasteiger partial charge in [0, 0.05) is 23.3 Å². The average Bonchev–Trinajstić information content (AvgIpc) is 3.39. The Morgan fingerprint density at radius 1 is 1.00 bits per heavy atom. The number of benzene rings is 2. The first-order chi connectivity index (χ1) is 18.3. The first kappa shape index (κ1) is 26.0. The monoisotopic (exact) mass is 524 g/mol. The maximum absolute atomic E-state index is 5.97. The van der Waals surface area contributed by atoms with Crippen LogP contribution in [0, 0.1) is 20.8 Å². The highest BCUT2D eigenvalue weighted by Gasteiger charge is 2.42. The van der Waals surface area contributed by atoms with E-state index >= 15 is 0 Å². The maximum atomic E-state index is 5.97. The standard InChI is InChI=1S/C32H36N4OS/c1-7-24-12-10-11-21(4)30(24)35-22(5)19-27(23(35)6)31-29(28-13-8-9-18-33-28)34-32(38)36(31)25-14-16-26(17-15-25)37-20(2)3/h8-20,29,31H,7H2,1-6H3,(H,34,38)/t29-,31+/m0/s1. The molecule has 3 heterocycles. The van der Waals surface area contributed by atoms with Crippen LogP contribution >= 0.6 is 12.2 Å². The number of aryl methyl sites for hydroxylation is 3. The van der Waals surface area contributed by atoms with Crippen molar-refractivity contribution in [3.05, 3.63) is 107 Å². The van der Waals surface area contributed by atoms with Crippen molar-refractivity contribution in [2.75, 3.05) is 4.90 Å². The van der Waals surface area contributed by atoms with Gasteiger partial charge in [-0.2, -0.15) is 0 Å². The summed E-state index contributed by atoms with van der Waals surface area (Å²) in [6.07, 6.45) is 2.95. The summed E-state index contributed by atoms with van der Waals surface area (Å²) in [5.74, 6) is 0.851. The van der Waals surface area contributed by atoms with Gasteiger partial charge in [0.05, 0.1) is 29.6 Å². The number of ether oxygens (including phenoxy) is 1. The molecule has 2 atom stereocenters. The predicted molar refractivity (Wildman–Crippen MR) is 159 cm³/mol. The molecule has 196 valence electrons. The third kappa shape index (κ3) is 4.69. The van der Waals surface area contributed by atoms with Crippen LogP contribution in [-0.4, -0.2) is 20.8 Å². The van der Waals surface area contributed by atoms with Gasteiger partial charge < -0.3 is 19.5 Å². The molecule has 0 unspecified atom stereocenters. The minimum Gasteiger partial charge on any atom is -0.491 e. The van der Waals surface area contributed by atoms with Gasteiger partial charge in [0.25, 0.3) is 0 Å². The third-order valence-electron chi connectivity index (χ3n) is 7.30. The molecule has 0 aliphatic carbocycles. The third-order valence-corrected chi connectivity index (χ3v) is 7.61. The second kappa shape index (κ2) is 10.6. The Morgan fingerprint density at radius 3 is 2.42 bits per heavy atom. The van der Waals surface area contributed by atoms with E-state index in [4.69, 9.17) is 21.9 Å². The number of hydrogen-bond donors (Lipinski definition) is 1. The molecule has 2 aromatic heterocycles. The largest absolute Gasteiger partial charge is 0.491 e. The van der Waals surface area contributed by atoms with E-state index in [2.05, 4.69) is 84.9 Å². The van der Waals surface area contributed by atoms with E-state index < -0.39 is 0 Å². The molecule has 2 aromatic carbocycles. The van der Waals surface area contributed by atoms with E-state index in [1.54, 1.807) is 0 Å². The molecule has 1 saturated heterocycles. The van der Waals surface area contributed by atoms with E-state index in [1.165, 1.54) is 33.8 Å². The lowest BCUT2D eigenvalue weighted by atomic mass is 9.96. The zero-order valence-electron chi connectivity index (χ0n) is 23.0. The van der Waals surface area contributed by atoms with Crippen molar-refractivity contribution in [3.8, 4) is 11.4 Å². The number of anilines is 1. The molecule has 0 amide bonds. The fraction of sp³-hybridized carbons (Fsp3) is 0.312. The Hall–Kier alpha value is -3.64. The van der Waals surface area contributed by atoms with Crippen molar-refractivity contribution in [2.24, 2.45) is 0 Å². The topological polar surface area (TPSA) is 42.3 Å². The first-order valence-corrected chi connectivity index (χ1v) is 13.8. The molecule has 1 N–H and O–H groups in total. The number of aromatic nitrogens is 2. The summed E-state index contributed by atoms with van der Waals surface area (Å²) in [7, 11) is 0. The summed E-state index contributed by atoms with van der Waals surface area (Å²) in [6.45, 7) is 12.9. The van der Waals surface area contributed by atoms with Gasteiger partial charge in [0.2, 0.25) is 0 Å². The highest BCUT2D eigenvalue weighted by Crippen LogP contribution is 2.44. The van der Waals surface area contributed by atoms with Gasteiger partial charge in [0.1, 0.15) is 5.75 Å². The number of rotatable bonds is 7. The minimum absolute atomic E-state index is 0.0664. The average molecular weight is 525 g/mol. The van der Waals surface area contributed by atoms with Crippen molar-refractivity contribution in [1.82, 2.24) is 14.9 Å². The second-order valence-electron chi connectivity index (χ2n) is 10.3. The molecule has 0 bridgehead atoms. The van der Waals surface area contributed by atoms with Crippen LogP contribution in [-0.2, 0) is 6.42 Å². The van der Waals surface area contributed by atoms with E-state index in [9.17, 15) is 0 Å². The van der Waals surface area contributed by atoms with Gasteiger partial charge in [-0.15, -0.1) is 0 Å². The Labute approximate surface area is 231 Å². The fourth-order valence-electron chi connectivity index (χ4n) is 5.66. The number of thiocarbonyl (C=S) groups is 1. The highest BCUT2D eigenvalue weighted by atomic mass is 32.1. The van der Waals surface area contributed by atoms with E-state index in [1.807, 2.05) is 44.3 Å².